The van der Waals surface area contributed by atoms with Crippen LogP contribution in [-0.4, -0.2) is 29.1 Å². The topological polar surface area (TPSA) is 15.3 Å². The number of benzene rings is 1. The van der Waals surface area contributed by atoms with Gasteiger partial charge in [-0.15, -0.1) is 0 Å². The van der Waals surface area contributed by atoms with Crippen molar-refractivity contribution in [2.75, 3.05) is 13.1 Å². The van der Waals surface area contributed by atoms with Crippen LogP contribution in [0.4, 0.5) is 4.39 Å². The molecule has 1 saturated heterocycles. The predicted molar refractivity (Wildman–Crippen MR) is 78.0 cm³/mol. The van der Waals surface area contributed by atoms with Gasteiger partial charge in [-0.25, -0.2) is 4.39 Å². The maximum absolute atomic E-state index is 13.5. The lowest BCUT2D eigenvalue weighted by Crippen LogP contribution is -2.65. The van der Waals surface area contributed by atoms with Crippen molar-refractivity contribution in [1.29, 1.82) is 0 Å². The molecule has 1 aliphatic heterocycles. The summed E-state index contributed by atoms with van der Waals surface area (Å²) in [5.41, 5.74) is 1.11. The minimum atomic E-state index is -0.341. The molecule has 1 aromatic rings. The molecule has 0 unspecified atom stereocenters. The number of halogens is 2. The standard InChI is InChI=1S/C15H22ClFN2/c1-14(2)10-19(15(3,4)9-18-14)8-11-5-6-12(16)13(17)7-11/h5-7,18H,8-10H2,1-4H3. The van der Waals surface area contributed by atoms with Crippen LogP contribution in [0.1, 0.15) is 33.3 Å². The van der Waals surface area contributed by atoms with Gasteiger partial charge in [0.1, 0.15) is 5.82 Å². The summed E-state index contributed by atoms with van der Waals surface area (Å²) >= 11 is 5.73. The molecule has 1 N–H and O–H groups in total. The van der Waals surface area contributed by atoms with E-state index in [4.69, 9.17) is 11.6 Å². The average Bonchev–Trinajstić information content (AvgIpc) is 2.29. The number of piperazine rings is 1. The fourth-order valence-corrected chi connectivity index (χ4v) is 2.56. The van der Waals surface area contributed by atoms with Gasteiger partial charge in [-0.2, -0.15) is 0 Å². The number of nitrogens with zero attached hydrogens (tertiary/aromatic N) is 1. The summed E-state index contributed by atoms with van der Waals surface area (Å²) < 4.78 is 13.5. The highest BCUT2D eigenvalue weighted by Gasteiger charge is 2.37. The van der Waals surface area contributed by atoms with Gasteiger partial charge in [0, 0.05) is 30.7 Å². The molecule has 106 valence electrons. The van der Waals surface area contributed by atoms with Crippen molar-refractivity contribution in [2.45, 2.75) is 45.3 Å². The Morgan fingerprint density at radius 1 is 1.32 bits per heavy atom. The van der Waals surface area contributed by atoms with Crippen molar-refractivity contribution in [3.63, 3.8) is 0 Å². The van der Waals surface area contributed by atoms with E-state index in [0.29, 0.717) is 0 Å². The fourth-order valence-electron chi connectivity index (χ4n) is 2.44. The summed E-state index contributed by atoms with van der Waals surface area (Å²) in [5.74, 6) is -0.341. The van der Waals surface area contributed by atoms with Crippen molar-refractivity contribution >= 4 is 11.6 Å². The van der Waals surface area contributed by atoms with E-state index >= 15 is 0 Å². The first-order valence-electron chi connectivity index (χ1n) is 6.64. The third-order valence-electron chi connectivity index (χ3n) is 3.80. The number of hydrogen-bond donors (Lipinski definition) is 1. The molecule has 2 nitrogen and oxygen atoms in total. The smallest absolute Gasteiger partial charge is 0.142 e. The lowest BCUT2D eigenvalue weighted by molar-refractivity contribution is 0.0323. The van der Waals surface area contributed by atoms with E-state index in [1.165, 1.54) is 6.07 Å². The zero-order valence-electron chi connectivity index (χ0n) is 12.1. The molecule has 4 heteroatoms. The number of rotatable bonds is 2. The van der Waals surface area contributed by atoms with Crippen molar-refractivity contribution < 1.29 is 4.39 Å². The minimum Gasteiger partial charge on any atom is -0.309 e. The highest BCUT2D eigenvalue weighted by molar-refractivity contribution is 6.30. The molecule has 0 atom stereocenters. The molecule has 0 saturated carbocycles. The molecule has 0 bridgehead atoms. The third kappa shape index (κ3) is 3.47. The van der Waals surface area contributed by atoms with Crippen molar-refractivity contribution in [2.24, 2.45) is 0 Å². The Bertz CT molecular complexity index is 471. The van der Waals surface area contributed by atoms with E-state index in [2.05, 4.69) is 37.9 Å². The van der Waals surface area contributed by atoms with Gasteiger partial charge in [-0.05, 0) is 45.4 Å². The van der Waals surface area contributed by atoms with Gasteiger partial charge in [-0.3, -0.25) is 4.90 Å². The van der Waals surface area contributed by atoms with Gasteiger partial charge in [0.05, 0.1) is 5.02 Å². The van der Waals surface area contributed by atoms with Gasteiger partial charge >= 0.3 is 0 Å². The van der Waals surface area contributed by atoms with Gasteiger partial charge in [0.15, 0.2) is 0 Å². The quantitative estimate of drug-likeness (QED) is 0.895. The molecule has 0 radical (unpaired) electrons. The Morgan fingerprint density at radius 2 is 2.00 bits per heavy atom. The van der Waals surface area contributed by atoms with Crippen LogP contribution in [0.2, 0.25) is 5.02 Å². The largest absolute Gasteiger partial charge is 0.309 e. The van der Waals surface area contributed by atoms with E-state index in [0.717, 1.165) is 25.2 Å². The van der Waals surface area contributed by atoms with E-state index in [1.54, 1.807) is 6.07 Å². The Kier molecular flexibility index (Phi) is 3.92. The molecule has 1 aliphatic rings. The van der Waals surface area contributed by atoms with Crippen molar-refractivity contribution in [1.82, 2.24) is 10.2 Å². The summed E-state index contributed by atoms with van der Waals surface area (Å²) in [4.78, 5) is 2.40. The third-order valence-corrected chi connectivity index (χ3v) is 4.11. The predicted octanol–water partition coefficient (Wildman–Crippen LogP) is 3.44. The molecule has 0 spiro atoms. The van der Waals surface area contributed by atoms with Crippen LogP contribution in [0.3, 0.4) is 0 Å². The van der Waals surface area contributed by atoms with Gasteiger partial charge in [0.2, 0.25) is 0 Å². The zero-order valence-corrected chi connectivity index (χ0v) is 12.8. The van der Waals surface area contributed by atoms with Gasteiger partial charge in [0.25, 0.3) is 0 Å². The Labute approximate surface area is 119 Å². The summed E-state index contributed by atoms with van der Waals surface area (Å²) in [6.07, 6.45) is 0. The normalized spacial score (nSPS) is 22.4. The Hall–Kier alpha value is -0.640. The second kappa shape index (κ2) is 5.04. The monoisotopic (exact) mass is 284 g/mol. The first kappa shape index (κ1) is 14.8. The molecule has 19 heavy (non-hydrogen) atoms. The van der Waals surface area contributed by atoms with Crippen LogP contribution in [0, 0.1) is 5.82 Å². The minimum absolute atomic E-state index is 0.0611. The lowest BCUT2D eigenvalue weighted by atomic mass is 9.91. The zero-order chi connectivity index (χ0) is 14.3. The van der Waals surface area contributed by atoms with Crippen molar-refractivity contribution in [3.05, 3.63) is 34.6 Å². The SMILES string of the molecule is CC1(C)CN(Cc2ccc(Cl)c(F)c2)C(C)(C)CN1. The molecule has 0 aliphatic carbocycles. The molecule has 0 aromatic heterocycles. The summed E-state index contributed by atoms with van der Waals surface area (Å²) in [6.45, 7) is 11.4. The maximum atomic E-state index is 13.5. The number of hydrogen-bond acceptors (Lipinski definition) is 2. The first-order chi connectivity index (χ1) is 8.70. The molecule has 2 rings (SSSR count). The average molecular weight is 285 g/mol. The van der Waals surface area contributed by atoms with E-state index in [-0.39, 0.29) is 21.9 Å². The van der Waals surface area contributed by atoms with Crippen LogP contribution >= 0.6 is 11.6 Å². The van der Waals surface area contributed by atoms with Crippen molar-refractivity contribution in [3.8, 4) is 0 Å². The van der Waals surface area contributed by atoms with Crippen LogP contribution < -0.4 is 5.32 Å². The molecule has 1 aromatic carbocycles. The van der Waals surface area contributed by atoms with E-state index in [1.807, 2.05) is 6.07 Å². The van der Waals surface area contributed by atoms with Gasteiger partial charge in [-0.1, -0.05) is 17.7 Å². The van der Waals surface area contributed by atoms with Crippen LogP contribution in [0.25, 0.3) is 0 Å². The van der Waals surface area contributed by atoms with Crippen LogP contribution in [-0.2, 0) is 6.54 Å². The lowest BCUT2D eigenvalue weighted by Gasteiger charge is -2.49. The van der Waals surface area contributed by atoms with E-state index in [9.17, 15) is 4.39 Å². The Balaban J connectivity index is 2.17. The van der Waals surface area contributed by atoms with Crippen LogP contribution in [0.15, 0.2) is 18.2 Å². The summed E-state index contributed by atoms with van der Waals surface area (Å²) in [6, 6.07) is 5.07. The molecule has 1 fully saturated rings. The summed E-state index contributed by atoms with van der Waals surface area (Å²) in [5, 5.41) is 3.73. The Morgan fingerprint density at radius 3 is 2.63 bits per heavy atom. The van der Waals surface area contributed by atoms with Gasteiger partial charge < -0.3 is 5.32 Å². The summed E-state index contributed by atoms with van der Waals surface area (Å²) in [7, 11) is 0. The highest BCUT2D eigenvalue weighted by Crippen LogP contribution is 2.26. The maximum Gasteiger partial charge on any atom is 0.142 e. The number of nitrogens with one attached hydrogen (secondary N) is 1. The van der Waals surface area contributed by atoms with E-state index < -0.39 is 0 Å². The first-order valence-corrected chi connectivity index (χ1v) is 7.01. The fraction of sp³-hybridized carbons (Fsp3) is 0.600. The molecular weight excluding hydrogens is 263 g/mol. The molecular formula is C15H22ClFN2. The molecule has 0 amide bonds. The molecule has 1 heterocycles. The second-order valence-electron chi connectivity index (χ2n) is 6.65. The van der Waals surface area contributed by atoms with Crippen LogP contribution in [0.5, 0.6) is 0 Å². The second-order valence-corrected chi connectivity index (χ2v) is 7.06. The highest BCUT2D eigenvalue weighted by atomic mass is 35.5.